The van der Waals surface area contributed by atoms with E-state index >= 15 is 0 Å². The molecule has 0 saturated carbocycles. The van der Waals surface area contributed by atoms with Gasteiger partial charge in [0, 0.05) is 37.3 Å². The Morgan fingerprint density at radius 2 is 2.30 bits per heavy atom. The van der Waals surface area contributed by atoms with E-state index in [0.717, 1.165) is 29.9 Å². The molecule has 23 heavy (non-hydrogen) atoms. The maximum atomic E-state index is 12.8. The molecule has 0 unspecified atom stereocenters. The van der Waals surface area contributed by atoms with Gasteiger partial charge in [-0.15, -0.1) is 0 Å². The first-order chi connectivity index (χ1) is 11.1. The number of carbonyl (C=O) groups excluding carboxylic acids is 1. The van der Waals surface area contributed by atoms with Gasteiger partial charge in [-0.1, -0.05) is 0 Å². The summed E-state index contributed by atoms with van der Waals surface area (Å²) in [5.74, 6) is 0.641. The molecule has 1 aliphatic rings. The fraction of sp³-hybridized carbons (Fsp3) is 0.312. The van der Waals surface area contributed by atoms with Crippen LogP contribution in [-0.4, -0.2) is 31.9 Å². The highest BCUT2D eigenvalue weighted by molar-refractivity contribution is 5.93. The summed E-state index contributed by atoms with van der Waals surface area (Å²) in [6.45, 7) is 2.89. The summed E-state index contributed by atoms with van der Waals surface area (Å²) < 4.78 is 6.97. The molecule has 0 saturated heterocycles. The summed E-state index contributed by atoms with van der Waals surface area (Å²) in [5.41, 5.74) is 2.08. The number of fused-ring (bicyclic) bond motifs is 2. The average Bonchev–Trinajstić information content (AvgIpc) is 3.04. The monoisotopic (exact) mass is 312 g/mol. The van der Waals surface area contributed by atoms with Crippen LogP contribution in [0.5, 0.6) is 0 Å². The Bertz CT molecular complexity index is 950. The number of hydrogen-bond donors (Lipinski definition) is 1. The second-order valence-corrected chi connectivity index (χ2v) is 5.81. The predicted octanol–water partition coefficient (Wildman–Crippen LogP) is 1.51. The Hall–Kier alpha value is -2.83. The van der Waals surface area contributed by atoms with E-state index in [-0.39, 0.29) is 17.0 Å². The molecule has 0 radical (unpaired) electrons. The summed E-state index contributed by atoms with van der Waals surface area (Å²) in [4.78, 5) is 29.4. The zero-order chi connectivity index (χ0) is 16.0. The zero-order valence-electron chi connectivity index (χ0n) is 12.7. The summed E-state index contributed by atoms with van der Waals surface area (Å²) in [5, 5.41) is 4.25. The number of H-pyrrole nitrogens is 1. The number of furan rings is 1. The van der Waals surface area contributed by atoms with Crippen molar-refractivity contribution in [2.45, 2.75) is 26.3 Å². The molecule has 1 N–H and O–H groups in total. The lowest BCUT2D eigenvalue weighted by molar-refractivity contribution is 0.0743. The molecule has 3 aromatic rings. The van der Waals surface area contributed by atoms with Crippen LogP contribution in [0.25, 0.3) is 5.65 Å². The van der Waals surface area contributed by atoms with Gasteiger partial charge in [-0.2, -0.15) is 5.10 Å². The van der Waals surface area contributed by atoms with Gasteiger partial charge >= 0.3 is 0 Å². The maximum absolute atomic E-state index is 12.8. The number of rotatable bonds is 1. The molecule has 0 atom stereocenters. The van der Waals surface area contributed by atoms with Gasteiger partial charge in [0.05, 0.1) is 12.0 Å². The summed E-state index contributed by atoms with van der Waals surface area (Å²) >= 11 is 0. The minimum atomic E-state index is -0.390. The first-order valence-corrected chi connectivity index (χ1v) is 7.55. The Morgan fingerprint density at radius 3 is 3.17 bits per heavy atom. The van der Waals surface area contributed by atoms with E-state index in [4.69, 9.17) is 4.42 Å². The van der Waals surface area contributed by atoms with Crippen LogP contribution in [0.2, 0.25) is 0 Å². The van der Waals surface area contributed by atoms with Crippen LogP contribution in [0.4, 0.5) is 0 Å². The van der Waals surface area contributed by atoms with Crippen LogP contribution in [0.15, 0.2) is 33.8 Å². The van der Waals surface area contributed by atoms with Crippen molar-refractivity contribution < 1.29 is 9.21 Å². The lowest BCUT2D eigenvalue weighted by Crippen LogP contribution is -2.35. The molecule has 0 fully saturated rings. The topological polar surface area (TPSA) is 83.6 Å². The van der Waals surface area contributed by atoms with E-state index < -0.39 is 0 Å². The predicted molar refractivity (Wildman–Crippen MR) is 82.3 cm³/mol. The van der Waals surface area contributed by atoms with Crippen LogP contribution in [0, 0.1) is 6.92 Å². The van der Waals surface area contributed by atoms with Crippen LogP contribution < -0.4 is 5.56 Å². The molecule has 7 heteroatoms. The van der Waals surface area contributed by atoms with E-state index in [2.05, 4.69) is 10.1 Å². The lowest BCUT2D eigenvalue weighted by atomic mass is 10.2. The Morgan fingerprint density at radius 1 is 1.43 bits per heavy atom. The van der Waals surface area contributed by atoms with Crippen molar-refractivity contribution in [1.82, 2.24) is 19.5 Å². The van der Waals surface area contributed by atoms with Gasteiger partial charge in [0.25, 0.3) is 11.5 Å². The Kier molecular flexibility index (Phi) is 3.07. The van der Waals surface area contributed by atoms with Crippen molar-refractivity contribution in [3.63, 3.8) is 0 Å². The highest BCUT2D eigenvalue weighted by Crippen LogP contribution is 2.20. The largest absolute Gasteiger partial charge is 0.469 e. The molecule has 3 aromatic heterocycles. The van der Waals surface area contributed by atoms with E-state index in [1.165, 1.54) is 10.7 Å². The van der Waals surface area contributed by atoms with Gasteiger partial charge in [0.1, 0.15) is 17.0 Å². The zero-order valence-corrected chi connectivity index (χ0v) is 12.7. The van der Waals surface area contributed by atoms with Crippen molar-refractivity contribution in [2.24, 2.45) is 0 Å². The van der Waals surface area contributed by atoms with E-state index in [1.807, 2.05) is 13.0 Å². The normalized spacial score (nSPS) is 14.7. The standard InChI is InChI=1S/C16H16N4O3/c1-10-7-14-17-15(21)12(9-20(14)18-10)16(22)19-5-2-3-13-11(8-19)4-6-23-13/h4,6-7,9H,2-3,5,8H2,1H3,(H,17,21). The van der Waals surface area contributed by atoms with Crippen molar-refractivity contribution in [3.05, 3.63) is 57.5 Å². The average molecular weight is 312 g/mol. The second kappa shape index (κ2) is 5.12. The van der Waals surface area contributed by atoms with Crippen molar-refractivity contribution in [3.8, 4) is 0 Å². The third-order valence-corrected chi connectivity index (χ3v) is 4.14. The molecule has 4 heterocycles. The Labute approximate surface area is 131 Å². The van der Waals surface area contributed by atoms with Crippen molar-refractivity contribution >= 4 is 11.6 Å². The molecule has 1 aliphatic heterocycles. The number of aromatic nitrogens is 3. The molecule has 118 valence electrons. The SMILES string of the molecule is Cc1cc2[nH]c(=O)c(C(=O)N3CCCc4occc4C3)cn2n1. The maximum Gasteiger partial charge on any atom is 0.264 e. The minimum Gasteiger partial charge on any atom is -0.469 e. The number of amides is 1. The molecule has 0 aliphatic carbocycles. The van der Waals surface area contributed by atoms with Crippen LogP contribution in [-0.2, 0) is 13.0 Å². The first kappa shape index (κ1) is 13.8. The number of nitrogens with one attached hydrogen (secondary N) is 1. The highest BCUT2D eigenvalue weighted by Gasteiger charge is 2.24. The highest BCUT2D eigenvalue weighted by atomic mass is 16.3. The Balaban J connectivity index is 1.71. The van der Waals surface area contributed by atoms with Crippen LogP contribution in [0.1, 0.15) is 33.8 Å². The van der Waals surface area contributed by atoms with Crippen molar-refractivity contribution in [2.75, 3.05) is 6.54 Å². The smallest absolute Gasteiger partial charge is 0.264 e. The number of hydrogen-bond acceptors (Lipinski definition) is 4. The lowest BCUT2D eigenvalue weighted by Gasteiger charge is -2.19. The number of aromatic amines is 1. The fourth-order valence-electron chi connectivity index (χ4n) is 3.01. The summed E-state index contributed by atoms with van der Waals surface area (Å²) in [6, 6.07) is 3.64. The van der Waals surface area contributed by atoms with Crippen LogP contribution >= 0.6 is 0 Å². The van der Waals surface area contributed by atoms with E-state index in [0.29, 0.717) is 18.7 Å². The second-order valence-electron chi connectivity index (χ2n) is 5.81. The van der Waals surface area contributed by atoms with Gasteiger partial charge in [0.2, 0.25) is 0 Å². The number of aryl methyl sites for hydroxylation is 2. The van der Waals surface area contributed by atoms with E-state index in [1.54, 1.807) is 17.2 Å². The van der Waals surface area contributed by atoms with Gasteiger partial charge in [-0.3, -0.25) is 9.59 Å². The van der Waals surface area contributed by atoms with Crippen LogP contribution in [0.3, 0.4) is 0 Å². The number of carbonyl (C=O) groups is 1. The molecule has 1 amide bonds. The molecular formula is C16H16N4O3. The molecule has 7 nitrogen and oxygen atoms in total. The van der Waals surface area contributed by atoms with Crippen molar-refractivity contribution in [1.29, 1.82) is 0 Å². The molecule has 0 spiro atoms. The van der Waals surface area contributed by atoms with E-state index in [9.17, 15) is 9.59 Å². The third-order valence-electron chi connectivity index (χ3n) is 4.14. The molecule has 0 bridgehead atoms. The summed E-state index contributed by atoms with van der Waals surface area (Å²) in [7, 11) is 0. The van der Waals surface area contributed by atoms with Gasteiger partial charge in [0.15, 0.2) is 0 Å². The van der Waals surface area contributed by atoms with Gasteiger partial charge in [-0.05, 0) is 19.4 Å². The molecule has 0 aromatic carbocycles. The fourth-order valence-corrected chi connectivity index (χ4v) is 3.01. The third kappa shape index (κ3) is 2.34. The minimum absolute atomic E-state index is 0.104. The molecule has 4 rings (SSSR count). The quantitative estimate of drug-likeness (QED) is 0.738. The van der Waals surface area contributed by atoms with Gasteiger partial charge in [-0.25, -0.2) is 4.52 Å². The first-order valence-electron chi connectivity index (χ1n) is 7.55. The van der Waals surface area contributed by atoms with Gasteiger partial charge < -0.3 is 14.3 Å². The molecular weight excluding hydrogens is 296 g/mol. The summed E-state index contributed by atoms with van der Waals surface area (Å²) in [6.07, 6.45) is 4.77. The number of nitrogens with zero attached hydrogens (tertiary/aromatic N) is 3.